The summed E-state index contributed by atoms with van der Waals surface area (Å²) in [5.74, 6) is 0.466. The fourth-order valence-electron chi connectivity index (χ4n) is 1.70. The van der Waals surface area contributed by atoms with Crippen molar-refractivity contribution in [3.05, 3.63) is 35.0 Å². The molecule has 1 aromatic rings. The Morgan fingerprint density at radius 1 is 1.43 bits per heavy atom. The Kier molecular flexibility index (Phi) is 2.48. The number of nitrogens with zero attached hydrogens (tertiary/aromatic N) is 1. The maximum absolute atomic E-state index is 11.7. The van der Waals surface area contributed by atoms with Crippen LogP contribution >= 0.6 is 12.6 Å². The number of hydrogen-bond donors (Lipinski definition) is 1. The van der Waals surface area contributed by atoms with E-state index in [9.17, 15) is 10.0 Å². The number of carbonyl (C=O) groups is 1. The van der Waals surface area contributed by atoms with Gasteiger partial charge in [0.2, 0.25) is 0 Å². The number of ketones is 1. The second-order valence-electron chi connectivity index (χ2n) is 3.24. The number of benzene rings is 1. The molecular formula is C10H10NO2S-. The van der Waals surface area contributed by atoms with E-state index >= 15 is 0 Å². The summed E-state index contributed by atoms with van der Waals surface area (Å²) in [6.45, 7) is 0. The lowest BCUT2D eigenvalue weighted by molar-refractivity contribution is 0.0972. The van der Waals surface area contributed by atoms with E-state index in [-0.39, 0.29) is 5.78 Å². The van der Waals surface area contributed by atoms with Crippen LogP contribution in [-0.2, 0) is 0 Å². The zero-order valence-corrected chi connectivity index (χ0v) is 8.41. The van der Waals surface area contributed by atoms with Crippen LogP contribution in [0.25, 0.3) is 0 Å². The molecule has 0 N–H and O–H groups in total. The van der Waals surface area contributed by atoms with E-state index in [0.29, 0.717) is 23.4 Å². The third-order valence-corrected chi connectivity index (χ3v) is 2.65. The van der Waals surface area contributed by atoms with Crippen LogP contribution in [0.2, 0.25) is 0 Å². The molecule has 0 saturated carbocycles. The molecule has 14 heavy (non-hydrogen) atoms. The van der Waals surface area contributed by atoms with Crippen LogP contribution in [0.1, 0.15) is 16.8 Å². The van der Waals surface area contributed by atoms with Crippen molar-refractivity contribution in [1.29, 1.82) is 0 Å². The molecule has 0 radical (unpaired) electrons. The third kappa shape index (κ3) is 1.31. The summed E-state index contributed by atoms with van der Waals surface area (Å²) >= 11 is 4.04. The first kappa shape index (κ1) is 9.55. The van der Waals surface area contributed by atoms with Gasteiger partial charge in [-0.15, -0.1) is 0 Å². The van der Waals surface area contributed by atoms with Gasteiger partial charge in [0.1, 0.15) is 0 Å². The van der Waals surface area contributed by atoms with E-state index < -0.39 is 6.04 Å². The minimum atomic E-state index is -0.565. The second kappa shape index (κ2) is 3.63. The zero-order chi connectivity index (χ0) is 10.1. The number of para-hydroxylation sites is 1. The maximum atomic E-state index is 11.7. The molecule has 1 heterocycles. The van der Waals surface area contributed by atoms with Gasteiger partial charge in [-0.1, -0.05) is 12.1 Å². The number of hydrogen-bond acceptors (Lipinski definition) is 4. The normalized spacial score (nSPS) is 20.0. The minimum absolute atomic E-state index is 0.0790. The zero-order valence-electron chi connectivity index (χ0n) is 7.51. The van der Waals surface area contributed by atoms with Crippen LogP contribution in [0.3, 0.4) is 0 Å². The summed E-state index contributed by atoms with van der Waals surface area (Å²) in [7, 11) is 0. The lowest BCUT2D eigenvalue weighted by atomic mass is 10.1. The van der Waals surface area contributed by atoms with E-state index in [1.807, 2.05) is 0 Å². The molecule has 1 unspecified atom stereocenters. The Hall–Kier alpha value is -1.00. The fourth-order valence-corrected chi connectivity index (χ4v) is 1.94. The number of rotatable bonds is 2. The first-order chi connectivity index (χ1) is 6.75. The van der Waals surface area contributed by atoms with E-state index in [1.54, 1.807) is 24.3 Å². The molecule has 4 heteroatoms. The summed E-state index contributed by atoms with van der Waals surface area (Å²) in [6, 6.07) is 6.35. The molecular weight excluding hydrogens is 198 g/mol. The molecule has 0 bridgehead atoms. The molecule has 0 fully saturated rings. The average Bonchev–Trinajstić information content (AvgIpc) is 2.45. The molecule has 0 amide bonds. The first-order valence-corrected chi connectivity index (χ1v) is 5.09. The molecule has 1 aliphatic heterocycles. The van der Waals surface area contributed by atoms with Crippen LogP contribution in [0.4, 0.5) is 5.69 Å². The van der Waals surface area contributed by atoms with E-state index in [1.165, 1.54) is 0 Å². The van der Waals surface area contributed by atoms with Crippen molar-refractivity contribution in [3.63, 3.8) is 0 Å². The predicted molar refractivity (Wildman–Crippen MR) is 58.9 cm³/mol. The highest BCUT2D eigenvalue weighted by Gasteiger charge is 2.30. The summed E-state index contributed by atoms with van der Waals surface area (Å²) in [6.07, 6.45) is 0.500. The molecule has 0 spiro atoms. The van der Waals surface area contributed by atoms with Crippen LogP contribution in [0, 0.1) is 5.21 Å². The van der Waals surface area contributed by atoms with Gasteiger partial charge in [0, 0.05) is 11.3 Å². The average molecular weight is 208 g/mol. The standard InChI is InChI=1S/C10H10NO2S/c12-10-7-3-1-2-4-8(7)11(13)9(10)5-6-14/h1-4,9,14H,5-6H2/q-1. The smallest absolute Gasteiger partial charge is 0.186 e. The van der Waals surface area contributed by atoms with Gasteiger partial charge in [-0.2, -0.15) is 12.6 Å². The molecule has 2 rings (SSSR count). The van der Waals surface area contributed by atoms with E-state index in [4.69, 9.17) is 0 Å². The van der Waals surface area contributed by atoms with Gasteiger partial charge in [-0.25, -0.2) is 0 Å². The van der Waals surface area contributed by atoms with Crippen molar-refractivity contribution >= 4 is 24.1 Å². The predicted octanol–water partition coefficient (Wildman–Crippen LogP) is 1.88. The van der Waals surface area contributed by atoms with Crippen LogP contribution in [0.5, 0.6) is 0 Å². The third-order valence-electron chi connectivity index (χ3n) is 2.40. The van der Waals surface area contributed by atoms with Gasteiger partial charge in [0.15, 0.2) is 5.78 Å². The lowest BCUT2D eigenvalue weighted by Gasteiger charge is -2.31. The van der Waals surface area contributed by atoms with Gasteiger partial charge in [-0.05, 0) is 24.3 Å². The Balaban J connectivity index is 2.38. The van der Waals surface area contributed by atoms with E-state index in [0.717, 1.165) is 5.06 Å². The van der Waals surface area contributed by atoms with E-state index in [2.05, 4.69) is 12.6 Å². The Morgan fingerprint density at radius 3 is 2.79 bits per heavy atom. The fraction of sp³-hybridized carbons (Fsp3) is 0.300. The summed E-state index contributed by atoms with van der Waals surface area (Å²) < 4.78 is 0. The molecule has 0 saturated heterocycles. The molecule has 1 aromatic carbocycles. The van der Waals surface area contributed by atoms with Crippen molar-refractivity contribution in [2.24, 2.45) is 0 Å². The number of carbonyl (C=O) groups excluding carboxylic acids is 1. The number of thiol groups is 1. The summed E-state index contributed by atoms with van der Waals surface area (Å²) in [5, 5.41) is 12.5. The molecule has 3 nitrogen and oxygen atoms in total. The Morgan fingerprint density at radius 2 is 2.14 bits per heavy atom. The van der Waals surface area contributed by atoms with Gasteiger partial charge in [0.25, 0.3) is 0 Å². The van der Waals surface area contributed by atoms with Crippen LogP contribution in [0.15, 0.2) is 24.3 Å². The Labute approximate surface area is 87.7 Å². The molecule has 74 valence electrons. The minimum Gasteiger partial charge on any atom is -0.758 e. The number of hydroxylamine groups is 1. The summed E-state index contributed by atoms with van der Waals surface area (Å²) in [5.41, 5.74) is 1.03. The monoisotopic (exact) mass is 208 g/mol. The van der Waals surface area contributed by atoms with Crippen molar-refractivity contribution in [1.82, 2.24) is 0 Å². The van der Waals surface area contributed by atoms with Crippen molar-refractivity contribution in [3.8, 4) is 0 Å². The topological polar surface area (TPSA) is 43.4 Å². The van der Waals surface area contributed by atoms with Crippen LogP contribution in [-0.4, -0.2) is 17.6 Å². The molecule has 1 atom stereocenters. The van der Waals surface area contributed by atoms with Gasteiger partial charge in [0.05, 0.1) is 6.04 Å². The first-order valence-electron chi connectivity index (χ1n) is 4.46. The van der Waals surface area contributed by atoms with Gasteiger partial charge < -0.3 is 10.3 Å². The number of fused-ring (bicyclic) bond motifs is 1. The quantitative estimate of drug-likeness (QED) is 0.754. The Bertz CT molecular complexity index is 367. The maximum Gasteiger partial charge on any atom is 0.186 e. The summed E-state index contributed by atoms with van der Waals surface area (Å²) in [4.78, 5) is 11.7. The molecule has 1 aliphatic rings. The van der Waals surface area contributed by atoms with Gasteiger partial charge >= 0.3 is 0 Å². The van der Waals surface area contributed by atoms with Gasteiger partial charge in [-0.3, -0.25) is 4.79 Å². The second-order valence-corrected chi connectivity index (χ2v) is 3.68. The largest absolute Gasteiger partial charge is 0.758 e. The van der Waals surface area contributed by atoms with Crippen molar-refractivity contribution < 1.29 is 4.79 Å². The molecule has 0 aromatic heterocycles. The SMILES string of the molecule is O=C1c2ccccc2N([O-])C1CCS. The molecule has 0 aliphatic carbocycles. The number of Topliss-reactive ketones (excluding diaryl/α,β-unsaturated/α-hetero) is 1. The van der Waals surface area contributed by atoms with Crippen LogP contribution < -0.4 is 5.06 Å². The highest BCUT2D eigenvalue weighted by Crippen LogP contribution is 2.32. The van der Waals surface area contributed by atoms with Crippen molar-refractivity contribution in [2.75, 3.05) is 10.8 Å². The highest BCUT2D eigenvalue weighted by molar-refractivity contribution is 7.80. The highest BCUT2D eigenvalue weighted by atomic mass is 32.1. The van der Waals surface area contributed by atoms with Crippen molar-refractivity contribution in [2.45, 2.75) is 12.5 Å². The lowest BCUT2D eigenvalue weighted by Crippen LogP contribution is -2.30. The number of anilines is 1.